The van der Waals surface area contributed by atoms with Crippen LogP contribution in [0.25, 0.3) is 18.2 Å². The molecule has 3 rings (SSSR count). The zero-order valence-corrected chi connectivity index (χ0v) is 15.9. The summed E-state index contributed by atoms with van der Waals surface area (Å²) in [6, 6.07) is 17.5. The van der Waals surface area contributed by atoms with Gasteiger partial charge in [0, 0.05) is 12.3 Å². The van der Waals surface area contributed by atoms with Gasteiger partial charge in [-0.3, -0.25) is 0 Å². The molecule has 0 radical (unpaired) electrons. The Morgan fingerprint density at radius 1 is 0.929 bits per heavy atom. The molecule has 2 aromatic heterocycles. The zero-order chi connectivity index (χ0) is 20.0. The molecule has 0 aliphatic carbocycles. The Balaban J connectivity index is 2.11. The van der Waals surface area contributed by atoms with Gasteiger partial charge in [0.1, 0.15) is 0 Å². The molecule has 0 saturated heterocycles. The molecule has 1 aromatic carbocycles. The standard InChI is InChI=1S/C21H18N2O4S/c1-27-21(24)15-14-19-13-12-18(11-10-17-7-3-2-4-8-17)23(19)28(25,26)20-9-5-6-16-22-20/h2-16H,1H3/b11-10+,15-14+. The second-order valence-electron chi connectivity index (χ2n) is 5.72. The summed E-state index contributed by atoms with van der Waals surface area (Å²) >= 11 is 0. The van der Waals surface area contributed by atoms with Crippen molar-refractivity contribution in [3.63, 3.8) is 0 Å². The molecule has 3 aromatic rings. The van der Waals surface area contributed by atoms with Crippen LogP contribution in [0.3, 0.4) is 0 Å². The van der Waals surface area contributed by atoms with E-state index in [4.69, 9.17) is 0 Å². The molecule has 0 aliphatic heterocycles. The Hall–Kier alpha value is -3.45. The molecule has 0 N–H and O–H groups in total. The van der Waals surface area contributed by atoms with E-state index >= 15 is 0 Å². The van der Waals surface area contributed by atoms with Crippen molar-refractivity contribution >= 4 is 34.2 Å². The average Bonchev–Trinajstić information content (AvgIpc) is 3.15. The monoisotopic (exact) mass is 394 g/mol. The Kier molecular flexibility index (Phi) is 5.86. The van der Waals surface area contributed by atoms with Gasteiger partial charge in [0.05, 0.1) is 18.5 Å². The predicted molar refractivity (Wildman–Crippen MR) is 108 cm³/mol. The topological polar surface area (TPSA) is 78.3 Å². The lowest BCUT2D eigenvalue weighted by Crippen LogP contribution is -2.17. The summed E-state index contributed by atoms with van der Waals surface area (Å²) in [7, 11) is -2.71. The summed E-state index contributed by atoms with van der Waals surface area (Å²) < 4.78 is 32.1. The first-order valence-corrected chi connectivity index (χ1v) is 9.84. The van der Waals surface area contributed by atoms with Gasteiger partial charge >= 0.3 is 5.97 Å². The van der Waals surface area contributed by atoms with E-state index in [1.54, 1.807) is 30.3 Å². The number of pyridine rings is 1. The van der Waals surface area contributed by atoms with Crippen molar-refractivity contribution in [3.8, 4) is 0 Å². The van der Waals surface area contributed by atoms with Crippen LogP contribution < -0.4 is 0 Å². The molecule has 7 heteroatoms. The van der Waals surface area contributed by atoms with Gasteiger partial charge < -0.3 is 4.74 Å². The number of esters is 1. The quantitative estimate of drug-likeness (QED) is 0.472. The molecular formula is C21H18N2O4S. The minimum absolute atomic E-state index is 0.0896. The fraction of sp³-hybridized carbons (Fsp3) is 0.0476. The molecule has 0 aliphatic rings. The first-order valence-electron chi connectivity index (χ1n) is 8.40. The third kappa shape index (κ3) is 4.27. The van der Waals surface area contributed by atoms with E-state index in [9.17, 15) is 13.2 Å². The molecule has 142 valence electrons. The van der Waals surface area contributed by atoms with E-state index in [2.05, 4.69) is 9.72 Å². The number of methoxy groups -OCH3 is 1. The van der Waals surface area contributed by atoms with Gasteiger partial charge in [-0.15, -0.1) is 0 Å². The van der Waals surface area contributed by atoms with Crippen LogP contribution in [-0.4, -0.2) is 30.5 Å². The molecule has 0 amide bonds. The summed E-state index contributed by atoms with van der Waals surface area (Å²) in [4.78, 5) is 15.4. The highest BCUT2D eigenvalue weighted by Crippen LogP contribution is 2.21. The molecule has 0 bridgehead atoms. The predicted octanol–water partition coefficient (Wildman–Crippen LogP) is 3.48. The van der Waals surface area contributed by atoms with Crippen molar-refractivity contribution in [3.05, 3.63) is 89.9 Å². The number of nitrogens with zero attached hydrogens (tertiary/aromatic N) is 2. The van der Waals surface area contributed by atoms with Gasteiger partial charge in [-0.05, 0) is 42.0 Å². The summed E-state index contributed by atoms with van der Waals surface area (Å²) in [6.45, 7) is 0. The number of benzene rings is 1. The van der Waals surface area contributed by atoms with Gasteiger partial charge in [0.2, 0.25) is 0 Å². The molecule has 2 heterocycles. The lowest BCUT2D eigenvalue weighted by Gasteiger charge is -2.10. The van der Waals surface area contributed by atoms with Crippen LogP contribution >= 0.6 is 0 Å². The fourth-order valence-corrected chi connectivity index (χ4v) is 3.97. The fourth-order valence-electron chi connectivity index (χ4n) is 2.54. The van der Waals surface area contributed by atoms with Gasteiger partial charge in [-0.2, -0.15) is 8.42 Å². The number of aromatic nitrogens is 2. The molecular weight excluding hydrogens is 376 g/mol. The third-order valence-corrected chi connectivity index (χ3v) is 5.55. The van der Waals surface area contributed by atoms with Crippen molar-refractivity contribution in [1.82, 2.24) is 8.96 Å². The zero-order valence-electron chi connectivity index (χ0n) is 15.1. The first-order chi connectivity index (χ1) is 13.5. The van der Waals surface area contributed by atoms with Crippen LogP contribution in [0.5, 0.6) is 0 Å². The normalized spacial score (nSPS) is 11.9. The lowest BCUT2D eigenvalue weighted by atomic mass is 10.2. The van der Waals surface area contributed by atoms with Crippen molar-refractivity contribution in [2.75, 3.05) is 7.11 Å². The molecule has 0 fully saturated rings. The van der Waals surface area contributed by atoms with Crippen LogP contribution in [0.1, 0.15) is 17.0 Å². The summed E-state index contributed by atoms with van der Waals surface area (Å²) in [5.74, 6) is -0.579. The van der Waals surface area contributed by atoms with Crippen LogP contribution in [0.15, 0.2) is 78.0 Å². The maximum absolute atomic E-state index is 13.2. The van der Waals surface area contributed by atoms with E-state index in [0.717, 1.165) is 9.54 Å². The van der Waals surface area contributed by atoms with Gasteiger partial charge in [-0.25, -0.2) is 13.8 Å². The number of hydrogen-bond acceptors (Lipinski definition) is 5. The van der Waals surface area contributed by atoms with E-state index in [1.165, 1.54) is 31.5 Å². The Morgan fingerprint density at radius 3 is 2.25 bits per heavy atom. The second-order valence-corrected chi connectivity index (χ2v) is 7.45. The Labute approximate surface area is 163 Å². The van der Waals surface area contributed by atoms with Crippen molar-refractivity contribution in [2.45, 2.75) is 5.03 Å². The van der Waals surface area contributed by atoms with Gasteiger partial charge in [-0.1, -0.05) is 42.5 Å². The van der Waals surface area contributed by atoms with Crippen LogP contribution in [-0.2, 0) is 19.6 Å². The Bertz CT molecular complexity index is 1120. The first kappa shape index (κ1) is 19.3. The van der Waals surface area contributed by atoms with Gasteiger partial charge in [0.25, 0.3) is 10.0 Å². The highest BCUT2D eigenvalue weighted by molar-refractivity contribution is 7.90. The van der Waals surface area contributed by atoms with Crippen molar-refractivity contribution in [2.24, 2.45) is 0 Å². The molecule has 6 nitrogen and oxygen atoms in total. The average molecular weight is 394 g/mol. The number of ether oxygens (including phenoxy) is 1. The van der Waals surface area contributed by atoms with E-state index in [-0.39, 0.29) is 5.03 Å². The molecule has 0 atom stereocenters. The van der Waals surface area contributed by atoms with Crippen molar-refractivity contribution in [1.29, 1.82) is 0 Å². The molecule has 0 saturated carbocycles. The molecule has 0 unspecified atom stereocenters. The number of carbonyl (C=O) groups is 1. The Morgan fingerprint density at radius 2 is 1.61 bits per heavy atom. The number of hydrogen-bond donors (Lipinski definition) is 0. The smallest absolute Gasteiger partial charge is 0.330 e. The number of rotatable bonds is 6. The molecule has 28 heavy (non-hydrogen) atoms. The molecule has 0 spiro atoms. The maximum Gasteiger partial charge on any atom is 0.330 e. The third-order valence-electron chi connectivity index (χ3n) is 3.87. The highest BCUT2D eigenvalue weighted by atomic mass is 32.2. The largest absolute Gasteiger partial charge is 0.466 e. The second kappa shape index (κ2) is 8.49. The van der Waals surface area contributed by atoms with E-state index < -0.39 is 16.0 Å². The van der Waals surface area contributed by atoms with Crippen LogP contribution in [0, 0.1) is 0 Å². The minimum atomic E-state index is -3.97. The number of carbonyl (C=O) groups excluding carboxylic acids is 1. The highest BCUT2D eigenvalue weighted by Gasteiger charge is 2.22. The minimum Gasteiger partial charge on any atom is -0.466 e. The SMILES string of the molecule is COC(=O)/C=C/c1ccc(/C=C/c2ccccc2)n1S(=O)(=O)c1ccccn1. The van der Waals surface area contributed by atoms with E-state index in [0.29, 0.717) is 11.4 Å². The summed E-state index contributed by atoms with van der Waals surface area (Å²) in [5, 5.41) is -0.0896. The van der Waals surface area contributed by atoms with Crippen molar-refractivity contribution < 1.29 is 17.9 Å². The lowest BCUT2D eigenvalue weighted by molar-refractivity contribution is -0.134. The van der Waals surface area contributed by atoms with Crippen LogP contribution in [0.4, 0.5) is 0 Å². The maximum atomic E-state index is 13.2. The van der Waals surface area contributed by atoms with Gasteiger partial charge in [0.15, 0.2) is 5.03 Å². The summed E-state index contributed by atoms with van der Waals surface area (Å²) in [5.41, 5.74) is 1.67. The van der Waals surface area contributed by atoms with Crippen LogP contribution in [0.2, 0.25) is 0 Å². The van der Waals surface area contributed by atoms with E-state index in [1.807, 2.05) is 36.4 Å². The summed E-state index contributed by atoms with van der Waals surface area (Å²) in [6.07, 6.45) is 7.50.